The number of nitrogens with two attached hydrogens (primary N) is 1. The molecule has 0 amide bonds. The maximum Gasteiger partial charge on any atom is 0.151 e. The molecular formula is C17H24ClN3O. The third-order valence-electron chi connectivity index (χ3n) is 4.42. The minimum atomic E-state index is 0. The molecule has 1 atom stereocenters. The molecule has 1 aromatic heterocycles. The van der Waals surface area contributed by atoms with Crippen LogP contribution in [-0.4, -0.2) is 29.7 Å². The lowest BCUT2D eigenvalue weighted by molar-refractivity contribution is 0.243. The topological polar surface area (TPSA) is 55.3 Å². The van der Waals surface area contributed by atoms with E-state index in [4.69, 9.17) is 10.3 Å². The third-order valence-corrected chi connectivity index (χ3v) is 4.42. The van der Waals surface area contributed by atoms with Gasteiger partial charge in [-0.3, -0.25) is 4.90 Å². The van der Waals surface area contributed by atoms with Crippen molar-refractivity contribution >= 4 is 12.4 Å². The van der Waals surface area contributed by atoms with Gasteiger partial charge in [0.1, 0.15) is 5.69 Å². The van der Waals surface area contributed by atoms with Gasteiger partial charge in [0.2, 0.25) is 0 Å². The lowest BCUT2D eigenvalue weighted by atomic mass is 9.90. The summed E-state index contributed by atoms with van der Waals surface area (Å²) >= 11 is 0. The molecule has 2 heterocycles. The molecule has 22 heavy (non-hydrogen) atoms. The fourth-order valence-electron chi connectivity index (χ4n) is 2.90. The highest BCUT2D eigenvalue weighted by molar-refractivity contribution is 5.85. The maximum absolute atomic E-state index is 5.85. The Balaban J connectivity index is 0.00000176. The molecule has 1 fully saturated rings. The van der Waals surface area contributed by atoms with Crippen molar-refractivity contribution < 1.29 is 4.52 Å². The summed E-state index contributed by atoms with van der Waals surface area (Å²) in [5, 5.41) is 4.19. The van der Waals surface area contributed by atoms with Gasteiger partial charge in [0.15, 0.2) is 5.76 Å². The van der Waals surface area contributed by atoms with Gasteiger partial charge in [-0.1, -0.05) is 41.9 Å². The second-order valence-corrected chi connectivity index (χ2v) is 6.52. The molecule has 120 valence electrons. The Hall–Kier alpha value is -1.36. The first-order valence-electron chi connectivity index (χ1n) is 7.53. The SMILES string of the molecule is Cc1ccc(-c2cc(CN3CCC(C)(CN)C3)on2)cc1.Cl. The van der Waals surface area contributed by atoms with Crippen molar-refractivity contribution in [1.29, 1.82) is 0 Å². The summed E-state index contributed by atoms with van der Waals surface area (Å²) in [4.78, 5) is 2.40. The highest BCUT2D eigenvalue weighted by Gasteiger charge is 2.32. The molecule has 4 nitrogen and oxygen atoms in total. The normalized spacial score (nSPS) is 21.8. The molecule has 1 unspecified atom stereocenters. The van der Waals surface area contributed by atoms with Crippen LogP contribution < -0.4 is 5.73 Å². The Morgan fingerprint density at radius 2 is 2.05 bits per heavy atom. The molecule has 1 saturated heterocycles. The van der Waals surface area contributed by atoms with E-state index < -0.39 is 0 Å². The van der Waals surface area contributed by atoms with Crippen molar-refractivity contribution in [3.05, 3.63) is 41.7 Å². The van der Waals surface area contributed by atoms with Gasteiger partial charge >= 0.3 is 0 Å². The Bertz CT molecular complexity index is 611. The van der Waals surface area contributed by atoms with Gasteiger partial charge < -0.3 is 10.3 Å². The Kier molecular flexibility index (Phi) is 5.27. The summed E-state index contributed by atoms with van der Waals surface area (Å²) < 4.78 is 5.49. The zero-order chi connectivity index (χ0) is 14.9. The molecule has 3 rings (SSSR count). The number of nitrogens with zero attached hydrogens (tertiary/aromatic N) is 2. The molecule has 2 aromatic rings. The van der Waals surface area contributed by atoms with Crippen LogP contribution in [0.3, 0.4) is 0 Å². The van der Waals surface area contributed by atoms with Crippen molar-refractivity contribution in [2.24, 2.45) is 11.1 Å². The van der Waals surface area contributed by atoms with E-state index in [9.17, 15) is 0 Å². The first-order chi connectivity index (χ1) is 10.1. The Morgan fingerprint density at radius 3 is 2.68 bits per heavy atom. The number of benzene rings is 1. The van der Waals surface area contributed by atoms with E-state index in [2.05, 4.69) is 48.2 Å². The molecule has 1 aliphatic rings. The van der Waals surface area contributed by atoms with Crippen molar-refractivity contribution in [3.63, 3.8) is 0 Å². The van der Waals surface area contributed by atoms with Crippen LogP contribution >= 0.6 is 12.4 Å². The van der Waals surface area contributed by atoms with Crippen LogP contribution in [0.25, 0.3) is 11.3 Å². The maximum atomic E-state index is 5.85. The number of hydrogen-bond donors (Lipinski definition) is 1. The first kappa shape index (κ1) is 17.0. The fourth-order valence-corrected chi connectivity index (χ4v) is 2.90. The van der Waals surface area contributed by atoms with E-state index in [0.29, 0.717) is 0 Å². The predicted octanol–water partition coefficient (Wildman–Crippen LogP) is 3.24. The smallest absolute Gasteiger partial charge is 0.151 e. The highest BCUT2D eigenvalue weighted by Crippen LogP contribution is 2.30. The fraction of sp³-hybridized carbons (Fsp3) is 0.471. The van der Waals surface area contributed by atoms with Gasteiger partial charge in [-0.25, -0.2) is 0 Å². The summed E-state index contributed by atoms with van der Waals surface area (Å²) in [6, 6.07) is 10.4. The molecule has 0 spiro atoms. The molecule has 0 bridgehead atoms. The number of aryl methyl sites for hydroxylation is 1. The quantitative estimate of drug-likeness (QED) is 0.939. The number of rotatable bonds is 4. The molecule has 5 heteroatoms. The van der Waals surface area contributed by atoms with Crippen LogP contribution in [0, 0.1) is 12.3 Å². The average Bonchev–Trinajstić information content (AvgIpc) is 3.08. The van der Waals surface area contributed by atoms with Crippen LogP contribution in [0.4, 0.5) is 0 Å². The number of halogens is 1. The highest BCUT2D eigenvalue weighted by atomic mass is 35.5. The number of hydrogen-bond acceptors (Lipinski definition) is 4. The van der Waals surface area contributed by atoms with Crippen LogP contribution in [0.2, 0.25) is 0 Å². The van der Waals surface area contributed by atoms with Gasteiger partial charge in [-0.05, 0) is 31.8 Å². The zero-order valence-corrected chi connectivity index (χ0v) is 14.0. The Morgan fingerprint density at radius 1 is 1.32 bits per heavy atom. The summed E-state index contributed by atoms with van der Waals surface area (Å²) in [6.07, 6.45) is 1.16. The lowest BCUT2D eigenvalue weighted by Gasteiger charge is -2.21. The van der Waals surface area contributed by atoms with Crippen LogP contribution in [0.5, 0.6) is 0 Å². The zero-order valence-electron chi connectivity index (χ0n) is 13.2. The first-order valence-corrected chi connectivity index (χ1v) is 7.53. The second-order valence-electron chi connectivity index (χ2n) is 6.52. The summed E-state index contributed by atoms with van der Waals surface area (Å²) in [5.74, 6) is 0.923. The van der Waals surface area contributed by atoms with Crippen molar-refractivity contribution in [2.45, 2.75) is 26.8 Å². The van der Waals surface area contributed by atoms with Crippen LogP contribution in [0.1, 0.15) is 24.7 Å². The van der Waals surface area contributed by atoms with E-state index >= 15 is 0 Å². The number of likely N-dealkylation sites (tertiary alicyclic amines) is 1. The van der Waals surface area contributed by atoms with E-state index in [0.717, 1.165) is 49.6 Å². The Labute approximate surface area is 138 Å². The van der Waals surface area contributed by atoms with Crippen LogP contribution in [-0.2, 0) is 6.54 Å². The minimum absolute atomic E-state index is 0. The van der Waals surface area contributed by atoms with Crippen molar-refractivity contribution in [1.82, 2.24) is 10.1 Å². The van der Waals surface area contributed by atoms with E-state index in [1.54, 1.807) is 0 Å². The van der Waals surface area contributed by atoms with Crippen LogP contribution in [0.15, 0.2) is 34.9 Å². The monoisotopic (exact) mass is 321 g/mol. The lowest BCUT2D eigenvalue weighted by Crippen LogP contribution is -2.31. The molecule has 1 aliphatic heterocycles. The minimum Gasteiger partial charge on any atom is -0.359 e. The molecule has 0 aliphatic carbocycles. The summed E-state index contributed by atoms with van der Waals surface area (Å²) in [6.45, 7) is 8.01. The van der Waals surface area contributed by atoms with E-state index in [1.807, 2.05) is 6.07 Å². The van der Waals surface area contributed by atoms with Gasteiger partial charge in [0, 0.05) is 18.2 Å². The predicted molar refractivity (Wildman–Crippen MR) is 91.0 cm³/mol. The molecule has 1 aromatic carbocycles. The van der Waals surface area contributed by atoms with Crippen molar-refractivity contribution in [3.8, 4) is 11.3 Å². The van der Waals surface area contributed by atoms with E-state index in [-0.39, 0.29) is 17.8 Å². The number of aromatic nitrogens is 1. The standard InChI is InChI=1S/C17H23N3O.ClH/c1-13-3-5-14(6-4-13)16-9-15(21-19-16)10-20-8-7-17(2,11-18)12-20;/h3-6,9H,7-8,10-12,18H2,1-2H3;1H. The summed E-state index contributed by atoms with van der Waals surface area (Å²) in [7, 11) is 0. The van der Waals surface area contributed by atoms with Gasteiger partial charge in [0.05, 0.1) is 6.54 Å². The van der Waals surface area contributed by atoms with E-state index in [1.165, 1.54) is 5.56 Å². The third kappa shape index (κ3) is 3.69. The van der Waals surface area contributed by atoms with Crippen molar-refractivity contribution in [2.75, 3.05) is 19.6 Å². The van der Waals surface area contributed by atoms with Gasteiger partial charge in [0.25, 0.3) is 0 Å². The van der Waals surface area contributed by atoms with Gasteiger partial charge in [-0.2, -0.15) is 0 Å². The molecule has 2 N–H and O–H groups in total. The molecule has 0 saturated carbocycles. The second kappa shape index (κ2) is 6.82. The van der Waals surface area contributed by atoms with Gasteiger partial charge in [-0.15, -0.1) is 12.4 Å². The largest absolute Gasteiger partial charge is 0.359 e. The summed E-state index contributed by atoms with van der Waals surface area (Å²) in [5.41, 5.74) is 9.36. The molecular weight excluding hydrogens is 298 g/mol. The average molecular weight is 322 g/mol. The molecule has 0 radical (unpaired) electrons.